The summed E-state index contributed by atoms with van der Waals surface area (Å²) in [6, 6.07) is 21.4. The first kappa shape index (κ1) is 23.8. The summed E-state index contributed by atoms with van der Waals surface area (Å²) >= 11 is 0. The fourth-order valence-corrected chi connectivity index (χ4v) is 4.34. The number of hydrogen-bond acceptors (Lipinski definition) is 3. The summed E-state index contributed by atoms with van der Waals surface area (Å²) in [5.41, 5.74) is -2.02. The Morgan fingerprint density at radius 3 is 2.15 bits per heavy atom. The number of halogens is 4. The number of ether oxygens (including phenoxy) is 2. The first-order valence-corrected chi connectivity index (χ1v) is 11.0. The number of Topliss-reactive ketones (excluding diaryl/α,β-unsaturated/α-hetero) is 1. The molecule has 0 bridgehead atoms. The van der Waals surface area contributed by atoms with Crippen LogP contribution in [0.5, 0.6) is 17.2 Å². The van der Waals surface area contributed by atoms with E-state index in [0.717, 1.165) is 0 Å². The number of carbonyl (C=O) groups excluding carboxylic acids is 1. The van der Waals surface area contributed by atoms with Gasteiger partial charge in [0.15, 0.2) is 0 Å². The lowest BCUT2D eigenvalue weighted by Crippen LogP contribution is -2.72. The van der Waals surface area contributed by atoms with E-state index in [1.165, 1.54) is 24.3 Å². The van der Waals surface area contributed by atoms with Crippen LogP contribution in [0.15, 0.2) is 78.9 Å². The summed E-state index contributed by atoms with van der Waals surface area (Å²) in [7, 11) is 0. The summed E-state index contributed by atoms with van der Waals surface area (Å²) in [6.45, 7) is 2.13. The molecule has 1 fully saturated rings. The molecule has 0 N–H and O–H groups in total. The highest BCUT2D eigenvalue weighted by Crippen LogP contribution is 2.64. The number of aryl methyl sites for hydroxylation is 1. The molecule has 1 unspecified atom stereocenters. The van der Waals surface area contributed by atoms with Crippen molar-refractivity contribution in [3.8, 4) is 17.2 Å². The van der Waals surface area contributed by atoms with Crippen LogP contribution < -0.4 is 9.47 Å². The number of carbonyl (C=O) groups is 1. The summed E-state index contributed by atoms with van der Waals surface area (Å²) < 4.78 is 68.6. The lowest BCUT2D eigenvalue weighted by atomic mass is 9.55. The Morgan fingerprint density at radius 1 is 0.853 bits per heavy atom. The van der Waals surface area contributed by atoms with Gasteiger partial charge in [0.2, 0.25) is 0 Å². The molecule has 7 heteroatoms. The molecule has 0 aromatic heterocycles. The molecule has 3 aromatic rings. The van der Waals surface area contributed by atoms with E-state index < -0.39 is 29.5 Å². The van der Waals surface area contributed by atoms with Crippen molar-refractivity contribution in [2.24, 2.45) is 0 Å². The van der Waals surface area contributed by atoms with Crippen molar-refractivity contribution in [1.82, 2.24) is 0 Å². The van der Waals surface area contributed by atoms with Gasteiger partial charge in [0, 0.05) is 12.8 Å². The third-order valence-electron chi connectivity index (χ3n) is 6.13. The summed E-state index contributed by atoms with van der Waals surface area (Å²) in [5, 5.41) is 0. The zero-order valence-corrected chi connectivity index (χ0v) is 18.6. The Kier molecular flexibility index (Phi) is 6.39. The van der Waals surface area contributed by atoms with E-state index >= 15 is 0 Å². The van der Waals surface area contributed by atoms with Crippen molar-refractivity contribution in [3.63, 3.8) is 0 Å². The molecule has 3 aromatic carbocycles. The van der Waals surface area contributed by atoms with E-state index in [0.29, 0.717) is 29.4 Å². The minimum absolute atomic E-state index is 0.116. The van der Waals surface area contributed by atoms with Crippen LogP contribution in [-0.4, -0.2) is 24.2 Å². The normalized spacial score (nSPS) is 20.3. The molecule has 1 atom stereocenters. The molecule has 0 amide bonds. The van der Waals surface area contributed by atoms with Crippen LogP contribution in [0.2, 0.25) is 0 Å². The molecular weight excluding hydrogens is 448 g/mol. The second-order valence-electron chi connectivity index (χ2n) is 8.30. The zero-order valence-electron chi connectivity index (χ0n) is 18.6. The van der Waals surface area contributed by atoms with Gasteiger partial charge in [-0.25, -0.2) is 0 Å². The van der Waals surface area contributed by atoms with E-state index in [2.05, 4.69) is 0 Å². The van der Waals surface area contributed by atoms with Gasteiger partial charge in [-0.05, 0) is 60.9 Å². The van der Waals surface area contributed by atoms with Gasteiger partial charge < -0.3 is 9.47 Å². The molecule has 3 nitrogen and oxygen atoms in total. The topological polar surface area (TPSA) is 35.5 Å². The molecule has 1 aliphatic carbocycles. The van der Waals surface area contributed by atoms with E-state index in [9.17, 15) is 22.4 Å². The van der Waals surface area contributed by atoms with Crippen molar-refractivity contribution >= 4 is 5.78 Å². The molecule has 4 rings (SSSR count). The first-order valence-electron chi connectivity index (χ1n) is 11.0. The minimum atomic E-state index is -4.48. The Morgan fingerprint density at radius 2 is 1.53 bits per heavy atom. The minimum Gasteiger partial charge on any atom is -0.494 e. The molecule has 34 heavy (non-hydrogen) atoms. The summed E-state index contributed by atoms with van der Waals surface area (Å²) in [5.74, 6) is -8.08. The van der Waals surface area contributed by atoms with Crippen molar-refractivity contribution in [2.75, 3.05) is 6.61 Å². The van der Waals surface area contributed by atoms with E-state index in [1.807, 2.05) is 18.2 Å². The largest absolute Gasteiger partial charge is 0.494 e. The Bertz CT molecular complexity index is 1150. The van der Waals surface area contributed by atoms with Crippen molar-refractivity contribution in [1.29, 1.82) is 0 Å². The monoisotopic (exact) mass is 472 g/mol. The van der Waals surface area contributed by atoms with Gasteiger partial charge in [-0.3, -0.25) is 4.79 Å². The fourth-order valence-electron chi connectivity index (χ4n) is 4.34. The molecule has 0 radical (unpaired) electrons. The Hall–Kier alpha value is -3.35. The SMILES string of the molecule is CCOc1ccc(C2(C(=O)CCc3cccc(Oc4ccccc4)c3)CC(F)(F)C2(F)F)cc1. The molecule has 178 valence electrons. The molecule has 1 saturated carbocycles. The highest BCUT2D eigenvalue weighted by molar-refractivity contribution is 5.93. The Labute approximate surface area is 195 Å². The van der Waals surface area contributed by atoms with Crippen LogP contribution in [0.25, 0.3) is 0 Å². The standard InChI is InChI=1S/C27H24F4O3/c1-2-33-21-14-12-20(13-15-21)25(18-26(28,29)27(25,30)31)24(32)16-11-19-7-6-10-23(17-19)34-22-8-4-3-5-9-22/h3-10,12-15,17H,2,11,16,18H2,1H3. The number of benzene rings is 3. The number of alkyl halides is 4. The number of hydrogen-bond donors (Lipinski definition) is 0. The smallest absolute Gasteiger partial charge is 0.326 e. The average Bonchev–Trinajstić information content (AvgIpc) is 2.82. The number of rotatable bonds is 9. The van der Waals surface area contributed by atoms with Crippen LogP contribution in [0.1, 0.15) is 30.9 Å². The first-order chi connectivity index (χ1) is 16.2. The van der Waals surface area contributed by atoms with Crippen molar-refractivity contribution in [3.05, 3.63) is 90.0 Å². The predicted octanol–water partition coefficient (Wildman–Crippen LogP) is 6.99. The van der Waals surface area contributed by atoms with E-state index in [1.54, 1.807) is 43.3 Å². The third-order valence-corrected chi connectivity index (χ3v) is 6.13. The summed E-state index contributed by atoms with van der Waals surface area (Å²) in [4.78, 5) is 13.1. The lowest BCUT2D eigenvalue weighted by molar-refractivity contribution is -0.318. The van der Waals surface area contributed by atoms with Crippen molar-refractivity contribution < 1.29 is 31.8 Å². The fraction of sp³-hybridized carbons (Fsp3) is 0.296. The van der Waals surface area contributed by atoms with Gasteiger partial charge in [0.1, 0.15) is 28.4 Å². The van der Waals surface area contributed by atoms with Crippen LogP contribution in [0.4, 0.5) is 17.6 Å². The molecular formula is C27H24F4O3. The van der Waals surface area contributed by atoms with Gasteiger partial charge in [-0.2, -0.15) is 17.6 Å². The molecule has 0 aliphatic heterocycles. The van der Waals surface area contributed by atoms with Gasteiger partial charge in [0.05, 0.1) is 6.61 Å². The van der Waals surface area contributed by atoms with Crippen LogP contribution in [0.3, 0.4) is 0 Å². The number of ketones is 1. The average molecular weight is 472 g/mol. The highest BCUT2D eigenvalue weighted by Gasteiger charge is 2.83. The van der Waals surface area contributed by atoms with E-state index in [4.69, 9.17) is 9.47 Å². The van der Waals surface area contributed by atoms with Crippen LogP contribution >= 0.6 is 0 Å². The van der Waals surface area contributed by atoms with Crippen LogP contribution in [-0.2, 0) is 16.6 Å². The predicted molar refractivity (Wildman–Crippen MR) is 120 cm³/mol. The molecule has 1 aliphatic rings. The molecule has 0 heterocycles. The maximum absolute atomic E-state index is 14.8. The maximum atomic E-state index is 14.8. The van der Waals surface area contributed by atoms with Gasteiger partial charge in [-0.15, -0.1) is 0 Å². The second-order valence-corrected chi connectivity index (χ2v) is 8.30. The maximum Gasteiger partial charge on any atom is 0.326 e. The Balaban J connectivity index is 1.54. The van der Waals surface area contributed by atoms with Crippen molar-refractivity contribution in [2.45, 2.75) is 43.4 Å². The van der Waals surface area contributed by atoms with Crippen LogP contribution in [0, 0.1) is 0 Å². The summed E-state index contributed by atoms with van der Waals surface area (Å²) in [6.07, 6.45) is -1.42. The highest BCUT2D eigenvalue weighted by atomic mass is 19.3. The van der Waals surface area contributed by atoms with E-state index in [-0.39, 0.29) is 18.4 Å². The molecule has 0 saturated heterocycles. The third kappa shape index (κ3) is 4.15. The lowest BCUT2D eigenvalue weighted by Gasteiger charge is -2.53. The molecule has 0 spiro atoms. The number of para-hydroxylation sites is 1. The zero-order chi connectivity index (χ0) is 24.4. The quantitative estimate of drug-likeness (QED) is 0.315. The van der Waals surface area contributed by atoms with Gasteiger partial charge in [-0.1, -0.05) is 42.5 Å². The van der Waals surface area contributed by atoms with Gasteiger partial charge in [0.25, 0.3) is 0 Å². The van der Waals surface area contributed by atoms with Gasteiger partial charge >= 0.3 is 11.8 Å². The second kappa shape index (κ2) is 9.12.